The van der Waals surface area contributed by atoms with Crippen LogP contribution in [0.25, 0.3) is 0 Å². The van der Waals surface area contributed by atoms with Gasteiger partial charge in [0.05, 0.1) is 5.97 Å². The Morgan fingerprint density at radius 3 is 0.720 bits per heavy atom. The molecule has 0 aliphatic carbocycles. The van der Waals surface area contributed by atoms with Crippen LogP contribution in [-0.4, -0.2) is 47.7 Å². The molecule has 0 rings (SSSR count). The molecule has 0 saturated carbocycles. The summed E-state index contributed by atoms with van der Waals surface area (Å²) < 4.78 is 187. The molecular weight excluding hydrogens is 413 g/mol. The van der Waals surface area contributed by atoms with Crippen LogP contribution in [0, 0.1) is 0 Å². The smallest absolute Gasteiger partial charge is 0.435 e. The second-order valence-electron chi connectivity index (χ2n) is 4.25. The molecule has 0 N–H and O–H groups in total. The van der Waals surface area contributed by atoms with Crippen LogP contribution in [0.3, 0.4) is 0 Å². The van der Waals surface area contributed by atoms with E-state index in [1.807, 2.05) is 0 Å². The molecule has 0 spiro atoms. The van der Waals surface area contributed by atoms with Crippen molar-refractivity contribution >= 4 is 5.97 Å². The van der Waals surface area contributed by atoms with Gasteiger partial charge in [-0.2, -0.15) is 52.7 Å². The lowest BCUT2D eigenvalue weighted by atomic mass is 9.72. The summed E-state index contributed by atoms with van der Waals surface area (Å²) in [5, 5.41) is 10.1. The van der Waals surface area contributed by atoms with Crippen molar-refractivity contribution < 1.29 is 75.8 Å². The van der Waals surface area contributed by atoms with Crippen LogP contribution in [0.2, 0.25) is 0 Å². The fourth-order valence-electron chi connectivity index (χ4n) is 1.62. The highest BCUT2D eigenvalue weighted by Gasteiger charge is 2.97. The standard InChI is InChI=1S/C8HF15O2/c9-2(1(24)25,3(10,5(12,13)14)6(15,16)17)4(11,7(18,19)20)8(21,22)23/h(H,24,25)/p-1. The molecule has 0 aliphatic rings. The van der Waals surface area contributed by atoms with Gasteiger partial charge in [-0.15, -0.1) is 0 Å². The highest BCUT2D eigenvalue weighted by molar-refractivity contribution is 5.80. The molecule has 17 heteroatoms. The van der Waals surface area contributed by atoms with Crippen LogP contribution in [0.5, 0.6) is 0 Å². The van der Waals surface area contributed by atoms with Crippen molar-refractivity contribution in [3.63, 3.8) is 0 Å². The van der Waals surface area contributed by atoms with Crippen LogP contribution in [-0.2, 0) is 4.79 Å². The Hall–Kier alpha value is -1.58. The van der Waals surface area contributed by atoms with Crippen LogP contribution < -0.4 is 5.11 Å². The van der Waals surface area contributed by atoms with Crippen molar-refractivity contribution in [2.75, 3.05) is 0 Å². The Kier molecular flexibility index (Phi) is 5.11. The number of halogens is 15. The maximum atomic E-state index is 13.7. The van der Waals surface area contributed by atoms with Gasteiger partial charge < -0.3 is 9.90 Å². The van der Waals surface area contributed by atoms with Gasteiger partial charge in [0.2, 0.25) is 0 Å². The van der Waals surface area contributed by atoms with E-state index in [1.165, 1.54) is 0 Å². The lowest BCUT2D eigenvalue weighted by molar-refractivity contribution is -0.452. The molecule has 0 aliphatic heterocycles. The first-order chi connectivity index (χ1) is 10.4. The fraction of sp³-hybridized carbons (Fsp3) is 0.875. The van der Waals surface area contributed by atoms with E-state index < -0.39 is 47.7 Å². The average Bonchev–Trinajstić information content (AvgIpc) is 2.29. The molecule has 0 radical (unpaired) electrons. The Labute approximate surface area is 125 Å². The number of carboxylic acids is 1. The topological polar surface area (TPSA) is 40.1 Å². The van der Waals surface area contributed by atoms with Crippen molar-refractivity contribution in [3.8, 4) is 0 Å². The van der Waals surface area contributed by atoms with Crippen molar-refractivity contribution in [1.29, 1.82) is 0 Å². The van der Waals surface area contributed by atoms with Gasteiger partial charge in [-0.1, -0.05) is 0 Å². The van der Waals surface area contributed by atoms with Crippen molar-refractivity contribution in [2.45, 2.75) is 41.7 Å². The molecule has 0 fully saturated rings. The van der Waals surface area contributed by atoms with E-state index in [0.717, 1.165) is 0 Å². The zero-order valence-corrected chi connectivity index (χ0v) is 10.5. The van der Waals surface area contributed by atoms with Gasteiger partial charge in [-0.05, 0) is 0 Å². The Balaban J connectivity index is 7.49. The number of hydrogen-bond donors (Lipinski definition) is 0. The first-order valence-corrected chi connectivity index (χ1v) is 4.99. The largest absolute Gasteiger partial charge is 0.546 e. The van der Waals surface area contributed by atoms with Gasteiger partial charge in [0.15, 0.2) is 0 Å². The molecule has 0 aromatic rings. The molecule has 0 aromatic carbocycles. The van der Waals surface area contributed by atoms with E-state index in [2.05, 4.69) is 0 Å². The minimum atomic E-state index is -8.49. The number of carboxylic acid groups (broad SMARTS) is 1. The summed E-state index contributed by atoms with van der Waals surface area (Å²) in [6.07, 6.45) is -32.5. The predicted molar refractivity (Wildman–Crippen MR) is 40.7 cm³/mol. The first kappa shape index (κ1) is 23.4. The Morgan fingerprint density at radius 2 is 0.640 bits per heavy atom. The Morgan fingerprint density at radius 1 is 0.480 bits per heavy atom. The second-order valence-corrected chi connectivity index (χ2v) is 4.25. The van der Waals surface area contributed by atoms with E-state index in [9.17, 15) is 75.8 Å². The molecular formula is C8F15O2-. The van der Waals surface area contributed by atoms with Gasteiger partial charge in [-0.25, -0.2) is 13.2 Å². The minimum absolute atomic E-state index is 5.23. The monoisotopic (exact) mass is 413 g/mol. The summed E-state index contributed by atoms with van der Waals surface area (Å²) in [7, 11) is 0. The second kappa shape index (κ2) is 5.46. The molecule has 0 amide bonds. The number of carbonyl (C=O) groups is 1. The number of rotatable bonds is 3. The number of carbonyl (C=O) groups excluding carboxylic acids is 1. The van der Waals surface area contributed by atoms with Gasteiger partial charge in [0.25, 0.3) is 5.67 Å². The molecule has 0 heterocycles. The third-order valence-electron chi connectivity index (χ3n) is 2.79. The van der Waals surface area contributed by atoms with Gasteiger partial charge in [0.1, 0.15) is 0 Å². The number of aliphatic carboxylic acids is 1. The third-order valence-corrected chi connectivity index (χ3v) is 2.79. The maximum Gasteiger partial charge on any atom is 0.435 e. The number of alkyl halides is 15. The minimum Gasteiger partial charge on any atom is -0.546 e. The SMILES string of the molecule is O=C([O-])C(F)(C(F)(C(F)(F)F)C(F)(F)F)C(F)(C(F)(F)F)C(F)(F)F. The summed E-state index contributed by atoms with van der Waals surface area (Å²) in [6.45, 7) is 0. The maximum absolute atomic E-state index is 13.7. The van der Waals surface area contributed by atoms with Crippen molar-refractivity contribution in [3.05, 3.63) is 0 Å². The van der Waals surface area contributed by atoms with E-state index in [1.54, 1.807) is 0 Å². The summed E-state index contributed by atoms with van der Waals surface area (Å²) in [5.74, 6) is -5.23. The molecule has 0 saturated heterocycles. The molecule has 2 nitrogen and oxygen atoms in total. The molecule has 0 unspecified atom stereocenters. The zero-order chi connectivity index (χ0) is 21.1. The van der Waals surface area contributed by atoms with Crippen molar-refractivity contribution in [2.24, 2.45) is 0 Å². The third kappa shape index (κ3) is 2.74. The molecule has 0 bridgehead atoms. The number of hydrogen-bond acceptors (Lipinski definition) is 2. The first-order valence-electron chi connectivity index (χ1n) is 4.99. The summed E-state index contributed by atoms with van der Waals surface area (Å²) in [4.78, 5) is 10.1. The summed E-state index contributed by atoms with van der Waals surface area (Å²) in [5.41, 5.74) is -25.4. The fourth-order valence-corrected chi connectivity index (χ4v) is 1.62. The lowest BCUT2D eigenvalue weighted by Crippen LogP contribution is -2.83. The summed E-state index contributed by atoms with van der Waals surface area (Å²) >= 11 is 0. The van der Waals surface area contributed by atoms with E-state index in [0.29, 0.717) is 0 Å². The zero-order valence-electron chi connectivity index (χ0n) is 10.5. The van der Waals surface area contributed by atoms with E-state index >= 15 is 0 Å². The Bertz CT molecular complexity index is 454. The molecule has 150 valence electrons. The van der Waals surface area contributed by atoms with Crippen LogP contribution in [0.1, 0.15) is 0 Å². The quantitative estimate of drug-likeness (QED) is 0.668. The van der Waals surface area contributed by atoms with Crippen LogP contribution >= 0.6 is 0 Å². The summed E-state index contributed by atoms with van der Waals surface area (Å²) in [6, 6.07) is 0. The average molecular weight is 413 g/mol. The normalized spacial score (nSPS) is 16.1. The predicted octanol–water partition coefficient (Wildman–Crippen LogP) is 3.11. The van der Waals surface area contributed by atoms with Crippen LogP contribution in [0.4, 0.5) is 65.9 Å². The highest BCUT2D eigenvalue weighted by Crippen LogP contribution is 2.64. The van der Waals surface area contributed by atoms with E-state index in [-0.39, 0.29) is 0 Å². The molecule has 0 aromatic heterocycles. The van der Waals surface area contributed by atoms with Gasteiger partial charge in [0, 0.05) is 0 Å². The lowest BCUT2D eigenvalue weighted by Gasteiger charge is -2.48. The molecule has 0 atom stereocenters. The van der Waals surface area contributed by atoms with Gasteiger partial charge >= 0.3 is 36.0 Å². The molecule has 25 heavy (non-hydrogen) atoms. The van der Waals surface area contributed by atoms with Crippen LogP contribution in [0.15, 0.2) is 0 Å². The van der Waals surface area contributed by atoms with Gasteiger partial charge in [-0.3, -0.25) is 0 Å². The van der Waals surface area contributed by atoms with E-state index in [4.69, 9.17) is 0 Å². The highest BCUT2D eigenvalue weighted by atomic mass is 19.4. The van der Waals surface area contributed by atoms with Crippen molar-refractivity contribution in [1.82, 2.24) is 0 Å².